The van der Waals surface area contributed by atoms with E-state index in [1.807, 2.05) is 18.7 Å². The molecule has 0 N–H and O–H groups in total. The highest BCUT2D eigenvalue weighted by molar-refractivity contribution is 5.96. The number of rotatable bonds is 2. The average Bonchev–Trinajstić information content (AvgIpc) is 2.36. The van der Waals surface area contributed by atoms with Gasteiger partial charge in [-0.3, -0.25) is 4.79 Å². The first kappa shape index (κ1) is 13.5. The Morgan fingerprint density at radius 3 is 2.25 bits per heavy atom. The van der Waals surface area contributed by atoms with Gasteiger partial charge in [-0.1, -0.05) is 0 Å². The van der Waals surface area contributed by atoms with E-state index in [2.05, 4.69) is 9.97 Å². The zero-order chi connectivity index (χ0) is 14.1. The Labute approximate surface area is 119 Å². The van der Waals surface area contributed by atoms with Crippen LogP contribution in [-0.2, 0) is 4.74 Å². The third kappa shape index (κ3) is 2.42. The summed E-state index contributed by atoms with van der Waals surface area (Å²) < 4.78 is 5.38. The molecule has 1 aromatic heterocycles. The van der Waals surface area contributed by atoms with E-state index in [-0.39, 0.29) is 5.91 Å². The van der Waals surface area contributed by atoms with Gasteiger partial charge in [0.1, 0.15) is 5.82 Å². The van der Waals surface area contributed by atoms with Crippen molar-refractivity contribution in [3.8, 4) is 0 Å². The summed E-state index contributed by atoms with van der Waals surface area (Å²) in [5.41, 5.74) is 2.33. The zero-order valence-electron chi connectivity index (χ0n) is 12.2. The predicted molar refractivity (Wildman–Crippen MR) is 74.8 cm³/mol. The Hall–Kier alpha value is -1.49. The lowest BCUT2D eigenvalue weighted by Crippen LogP contribution is -2.42. The van der Waals surface area contributed by atoms with Gasteiger partial charge in [0.15, 0.2) is 0 Å². The lowest BCUT2D eigenvalue weighted by molar-refractivity contribution is 0.0648. The van der Waals surface area contributed by atoms with Gasteiger partial charge in [0, 0.05) is 32.2 Å². The largest absolute Gasteiger partial charge is 0.381 e. The van der Waals surface area contributed by atoms with E-state index in [0.29, 0.717) is 11.5 Å². The Bertz CT molecular complexity index is 497. The molecule has 0 aromatic carbocycles. The van der Waals surface area contributed by atoms with Crippen LogP contribution in [0.3, 0.4) is 0 Å². The number of nitrogens with zero attached hydrogens (tertiary/aromatic N) is 3. The molecule has 108 valence electrons. The molecule has 0 unspecified atom stereocenters. The van der Waals surface area contributed by atoms with Gasteiger partial charge in [-0.05, 0) is 33.1 Å². The van der Waals surface area contributed by atoms with Crippen molar-refractivity contribution >= 4 is 5.91 Å². The molecule has 0 saturated carbocycles. The molecule has 3 rings (SSSR count). The summed E-state index contributed by atoms with van der Waals surface area (Å²) in [6.45, 7) is 7.12. The van der Waals surface area contributed by atoms with Crippen LogP contribution >= 0.6 is 0 Å². The molecule has 1 amide bonds. The zero-order valence-corrected chi connectivity index (χ0v) is 12.2. The smallest absolute Gasteiger partial charge is 0.257 e. The van der Waals surface area contributed by atoms with Crippen molar-refractivity contribution < 1.29 is 9.53 Å². The van der Waals surface area contributed by atoms with Crippen LogP contribution in [0.5, 0.6) is 0 Å². The van der Waals surface area contributed by atoms with Gasteiger partial charge in [0.2, 0.25) is 0 Å². The second-order valence-electron chi connectivity index (χ2n) is 5.66. The van der Waals surface area contributed by atoms with Crippen LogP contribution < -0.4 is 0 Å². The summed E-state index contributed by atoms with van der Waals surface area (Å²) in [6.07, 6.45) is 3.04. The minimum Gasteiger partial charge on any atom is -0.381 e. The molecule has 0 bridgehead atoms. The molecule has 0 spiro atoms. The molecule has 2 saturated heterocycles. The van der Waals surface area contributed by atoms with Crippen LogP contribution in [0.2, 0.25) is 0 Å². The topological polar surface area (TPSA) is 55.3 Å². The molecule has 2 fully saturated rings. The highest BCUT2D eigenvalue weighted by Crippen LogP contribution is 2.26. The maximum absolute atomic E-state index is 12.4. The fraction of sp³-hybridized carbons (Fsp3) is 0.667. The van der Waals surface area contributed by atoms with Crippen LogP contribution in [-0.4, -0.2) is 47.1 Å². The van der Waals surface area contributed by atoms with E-state index in [1.54, 1.807) is 0 Å². The van der Waals surface area contributed by atoms with Crippen LogP contribution in [0.1, 0.15) is 52.8 Å². The fourth-order valence-electron chi connectivity index (χ4n) is 2.87. The lowest BCUT2D eigenvalue weighted by Gasteiger charge is -2.31. The maximum Gasteiger partial charge on any atom is 0.257 e. The van der Waals surface area contributed by atoms with E-state index in [1.165, 1.54) is 0 Å². The van der Waals surface area contributed by atoms with Gasteiger partial charge >= 0.3 is 0 Å². The van der Waals surface area contributed by atoms with E-state index in [0.717, 1.165) is 62.8 Å². The van der Waals surface area contributed by atoms with Crippen LogP contribution in [0.4, 0.5) is 0 Å². The van der Waals surface area contributed by atoms with Crippen molar-refractivity contribution in [3.63, 3.8) is 0 Å². The van der Waals surface area contributed by atoms with Crippen LogP contribution in [0.25, 0.3) is 0 Å². The summed E-state index contributed by atoms with van der Waals surface area (Å²) >= 11 is 0. The number of aromatic nitrogens is 2. The van der Waals surface area contributed by atoms with E-state index < -0.39 is 0 Å². The molecule has 0 radical (unpaired) electrons. The van der Waals surface area contributed by atoms with Crippen molar-refractivity contribution in [2.45, 2.75) is 39.0 Å². The van der Waals surface area contributed by atoms with Gasteiger partial charge < -0.3 is 9.64 Å². The fourth-order valence-corrected chi connectivity index (χ4v) is 2.87. The highest BCUT2D eigenvalue weighted by Gasteiger charge is 2.27. The van der Waals surface area contributed by atoms with Crippen molar-refractivity contribution in [2.75, 3.05) is 26.3 Å². The second kappa shape index (κ2) is 5.48. The molecule has 5 heteroatoms. The number of likely N-dealkylation sites (tertiary alicyclic amines) is 1. The minimum absolute atomic E-state index is 0.0878. The quantitative estimate of drug-likeness (QED) is 0.826. The Balaban J connectivity index is 1.87. The molecule has 0 aliphatic carbocycles. The monoisotopic (exact) mass is 275 g/mol. The van der Waals surface area contributed by atoms with Crippen molar-refractivity contribution in [2.24, 2.45) is 0 Å². The summed E-state index contributed by atoms with van der Waals surface area (Å²) in [5, 5.41) is 0. The Morgan fingerprint density at radius 1 is 1.15 bits per heavy atom. The third-order valence-corrected chi connectivity index (χ3v) is 4.23. The molecule has 0 atom stereocenters. The molecule has 1 aromatic rings. The SMILES string of the molecule is Cc1nc(C2CCOCC2)nc(C)c1C(=O)N1CCC1. The van der Waals surface area contributed by atoms with E-state index >= 15 is 0 Å². The van der Waals surface area contributed by atoms with Gasteiger partial charge in [-0.2, -0.15) is 0 Å². The van der Waals surface area contributed by atoms with Crippen molar-refractivity contribution in [1.29, 1.82) is 0 Å². The first-order chi connectivity index (χ1) is 9.66. The van der Waals surface area contributed by atoms with Gasteiger partial charge in [-0.15, -0.1) is 0 Å². The van der Waals surface area contributed by atoms with Gasteiger partial charge in [0.25, 0.3) is 5.91 Å². The average molecular weight is 275 g/mol. The number of carbonyl (C=O) groups is 1. The third-order valence-electron chi connectivity index (χ3n) is 4.23. The van der Waals surface area contributed by atoms with Crippen LogP contribution in [0, 0.1) is 13.8 Å². The predicted octanol–water partition coefficient (Wildman–Crippen LogP) is 1.83. The van der Waals surface area contributed by atoms with E-state index in [9.17, 15) is 4.79 Å². The minimum atomic E-state index is 0.0878. The standard InChI is InChI=1S/C15H21N3O2/c1-10-13(15(19)18-6-3-7-18)11(2)17-14(16-10)12-4-8-20-9-5-12/h12H,3-9H2,1-2H3. The number of aryl methyl sites for hydroxylation is 2. The van der Waals surface area contributed by atoms with Crippen molar-refractivity contribution in [1.82, 2.24) is 14.9 Å². The lowest BCUT2D eigenvalue weighted by atomic mass is 9.98. The Morgan fingerprint density at radius 2 is 1.75 bits per heavy atom. The molecular formula is C15H21N3O2. The molecule has 2 aliphatic rings. The summed E-state index contributed by atoms with van der Waals surface area (Å²) in [5.74, 6) is 1.34. The molecular weight excluding hydrogens is 254 g/mol. The molecule has 5 nitrogen and oxygen atoms in total. The normalized spacial score (nSPS) is 19.8. The van der Waals surface area contributed by atoms with E-state index in [4.69, 9.17) is 4.74 Å². The highest BCUT2D eigenvalue weighted by atomic mass is 16.5. The summed E-state index contributed by atoms with van der Waals surface area (Å²) in [6, 6.07) is 0. The molecule has 20 heavy (non-hydrogen) atoms. The van der Waals surface area contributed by atoms with Crippen molar-refractivity contribution in [3.05, 3.63) is 22.8 Å². The second-order valence-corrected chi connectivity index (χ2v) is 5.66. The summed E-state index contributed by atoms with van der Waals surface area (Å²) in [7, 11) is 0. The summed E-state index contributed by atoms with van der Waals surface area (Å²) in [4.78, 5) is 23.5. The number of carbonyl (C=O) groups excluding carboxylic acids is 1. The number of hydrogen-bond donors (Lipinski definition) is 0. The van der Waals surface area contributed by atoms with Crippen LogP contribution in [0.15, 0.2) is 0 Å². The first-order valence-electron chi connectivity index (χ1n) is 7.39. The molecule has 2 aliphatic heterocycles. The number of hydrogen-bond acceptors (Lipinski definition) is 4. The van der Waals surface area contributed by atoms with Gasteiger partial charge in [-0.25, -0.2) is 9.97 Å². The first-order valence-corrected chi connectivity index (χ1v) is 7.39. The van der Waals surface area contributed by atoms with Gasteiger partial charge in [0.05, 0.1) is 17.0 Å². The molecule has 3 heterocycles. The Kier molecular flexibility index (Phi) is 3.70. The number of ether oxygens (including phenoxy) is 1. The maximum atomic E-state index is 12.4. The number of amides is 1.